The van der Waals surface area contributed by atoms with Crippen LogP contribution >= 0.6 is 0 Å². The number of nitrogens with zero attached hydrogens (tertiary/aromatic N) is 1. The Hall–Kier alpha value is -1.06. The highest BCUT2D eigenvalue weighted by Crippen LogP contribution is 2.14. The molecule has 1 fully saturated rings. The van der Waals surface area contributed by atoms with Gasteiger partial charge in [-0.3, -0.25) is 4.79 Å². The smallest absolute Gasteiger partial charge is 0.409 e. The van der Waals surface area contributed by atoms with E-state index in [1.165, 1.54) is 0 Å². The van der Waals surface area contributed by atoms with E-state index in [2.05, 4.69) is 0 Å². The number of rotatable bonds is 2. The molecule has 0 N–H and O–H groups in total. The Labute approximate surface area is 77.8 Å². The number of carbonyl (C=O) groups excluding carboxylic acids is 2. The molecule has 4 heteroatoms. The van der Waals surface area contributed by atoms with Crippen molar-refractivity contribution in [2.75, 3.05) is 19.7 Å². The first kappa shape index (κ1) is 10.0. The lowest BCUT2D eigenvalue weighted by Crippen LogP contribution is -2.40. The minimum Gasteiger partial charge on any atom is -0.450 e. The van der Waals surface area contributed by atoms with Gasteiger partial charge in [0.25, 0.3) is 0 Å². The first-order valence-corrected chi connectivity index (χ1v) is 4.57. The molecule has 1 radical (unpaired) electrons. The average Bonchev–Trinajstić information content (AvgIpc) is 2.18. The Morgan fingerprint density at radius 2 is 2.46 bits per heavy atom. The van der Waals surface area contributed by atoms with Crippen molar-refractivity contribution < 1.29 is 14.3 Å². The summed E-state index contributed by atoms with van der Waals surface area (Å²) in [5.41, 5.74) is 0. The highest BCUT2D eigenvalue weighted by molar-refractivity contribution is 5.68. The van der Waals surface area contributed by atoms with Crippen molar-refractivity contribution in [3.63, 3.8) is 0 Å². The minimum absolute atomic E-state index is 0.127. The van der Waals surface area contributed by atoms with Crippen LogP contribution in [0.1, 0.15) is 19.8 Å². The van der Waals surface area contributed by atoms with Gasteiger partial charge in [-0.1, -0.05) is 0 Å². The van der Waals surface area contributed by atoms with Crippen LogP contribution in [0.5, 0.6) is 0 Å². The second-order valence-electron chi connectivity index (χ2n) is 3.10. The van der Waals surface area contributed by atoms with E-state index in [4.69, 9.17) is 4.74 Å². The van der Waals surface area contributed by atoms with Gasteiger partial charge >= 0.3 is 6.09 Å². The molecule has 1 unspecified atom stereocenters. The molecule has 0 aromatic rings. The van der Waals surface area contributed by atoms with Gasteiger partial charge in [-0.25, -0.2) is 4.79 Å². The third-order valence-electron chi connectivity index (χ3n) is 2.11. The van der Waals surface area contributed by atoms with E-state index in [1.54, 1.807) is 11.8 Å². The number of carbonyl (C=O) groups is 1. The van der Waals surface area contributed by atoms with Crippen LogP contribution in [0.2, 0.25) is 0 Å². The highest BCUT2D eigenvalue weighted by Gasteiger charge is 2.24. The van der Waals surface area contributed by atoms with E-state index in [-0.39, 0.29) is 12.0 Å². The quantitative estimate of drug-likeness (QED) is 0.642. The maximum Gasteiger partial charge on any atom is 0.409 e. The lowest BCUT2D eigenvalue weighted by atomic mass is 10.0. The van der Waals surface area contributed by atoms with Gasteiger partial charge < -0.3 is 9.64 Å². The summed E-state index contributed by atoms with van der Waals surface area (Å²) < 4.78 is 4.83. The molecule has 0 aromatic carbocycles. The SMILES string of the molecule is CCOC(=O)N1CCCC([C]=O)C1. The summed E-state index contributed by atoms with van der Waals surface area (Å²) in [7, 11) is 0. The molecule has 4 nitrogen and oxygen atoms in total. The first-order chi connectivity index (χ1) is 6.27. The van der Waals surface area contributed by atoms with Gasteiger partial charge in [0.2, 0.25) is 6.29 Å². The maximum absolute atomic E-state index is 11.2. The van der Waals surface area contributed by atoms with Crippen LogP contribution in [0, 0.1) is 5.92 Å². The van der Waals surface area contributed by atoms with Crippen LogP contribution in [-0.4, -0.2) is 37.0 Å². The van der Waals surface area contributed by atoms with Crippen molar-refractivity contribution in [3.05, 3.63) is 0 Å². The molecular formula is C9H14NO3. The molecule has 1 aliphatic heterocycles. The van der Waals surface area contributed by atoms with E-state index < -0.39 is 0 Å². The van der Waals surface area contributed by atoms with Crippen molar-refractivity contribution in [2.45, 2.75) is 19.8 Å². The normalized spacial score (nSPS) is 22.5. The molecule has 0 spiro atoms. The summed E-state index contributed by atoms with van der Waals surface area (Å²) in [5.74, 6) is -0.127. The number of hydrogen-bond donors (Lipinski definition) is 0. The third kappa shape index (κ3) is 2.72. The minimum atomic E-state index is -0.317. The largest absolute Gasteiger partial charge is 0.450 e. The molecule has 0 aromatic heterocycles. The van der Waals surface area contributed by atoms with Gasteiger partial charge in [0.15, 0.2) is 0 Å². The van der Waals surface area contributed by atoms with Crippen molar-refractivity contribution in [1.82, 2.24) is 4.90 Å². The summed E-state index contributed by atoms with van der Waals surface area (Å²) in [6, 6.07) is 0. The van der Waals surface area contributed by atoms with E-state index in [0.717, 1.165) is 12.8 Å². The number of amides is 1. The van der Waals surface area contributed by atoms with Crippen molar-refractivity contribution in [3.8, 4) is 0 Å². The summed E-state index contributed by atoms with van der Waals surface area (Å²) in [6.45, 7) is 3.30. The Balaban J connectivity index is 2.41. The van der Waals surface area contributed by atoms with E-state index >= 15 is 0 Å². The molecular weight excluding hydrogens is 170 g/mol. The zero-order chi connectivity index (χ0) is 9.68. The summed E-state index contributed by atoms with van der Waals surface area (Å²) in [4.78, 5) is 23.2. The number of hydrogen-bond acceptors (Lipinski definition) is 3. The summed E-state index contributed by atoms with van der Waals surface area (Å²) in [6.07, 6.45) is 3.31. The monoisotopic (exact) mass is 184 g/mol. The van der Waals surface area contributed by atoms with Crippen LogP contribution in [-0.2, 0) is 9.53 Å². The molecule has 1 aliphatic rings. The fourth-order valence-electron chi connectivity index (χ4n) is 1.45. The van der Waals surface area contributed by atoms with Crippen molar-refractivity contribution in [2.24, 2.45) is 5.92 Å². The molecule has 0 saturated carbocycles. The van der Waals surface area contributed by atoms with Crippen LogP contribution in [0.25, 0.3) is 0 Å². The highest BCUT2D eigenvalue weighted by atomic mass is 16.6. The first-order valence-electron chi connectivity index (χ1n) is 4.57. The lowest BCUT2D eigenvalue weighted by Gasteiger charge is -2.28. The number of ether oxygens (including phenoxy) is 1. The van der Waals surface area contributed by atoms with Crippen LogP contribution in [0.4, 0.5) is 4.79 Å². The summed E-state index contributed by atoms with van der Waals surface area (Å²) >= 11 is 0. The molecule has 0 aliphatic carbocycles. The molecule has 73 valence electrons. The van der Waals surface area contributed by atoms with Gasteiger partial charge in [-0.15, -0.1) is 0 Å². The molecule has 1 atom stereocenters. The Bertz CT molecular complexity index is 193. The standard InChI is InChI=1S/C9H14NO3/c1-2-13-9(12)10-5-3-4-8(6-10)7-11/h8H,2-6H2,1H3. The molecule has 1 amide bonds. The Morgan fingerprint density at radius 3 is 3.08 bits per heavy atom. The number of likely N-dealkylation sites (tertiary alicyclic amines) is 1. The topological polar surface area (TPSA) is 46.6 Å². The average molecular weight is 184 g/mol. The Kier molecular flexibility index (Phi) is 3.73. The maximum atomic E-state index is 11.2. The van der Waals surface area contributed by atoms with E-state index in [0.29, 0.717) is 19.7 Å². The van der Waals surface area contributed by atoms with Gasteiger partial charge in [-0.05, 0) is 19.8 Å². The van der Waals surface area contributed by atoms with Crippen LogP contribution in [0.15, 0.2) is 0 Å². The Morgan fingerprint density at radius 1 is 1.69 bits per heavy atom. The molecule has 1 rings (SSSR count). The van der Waals surface area contributed by atoms with Crippen LogP contribution < -0.4 is 0 Å². The van der Waals surface area contributed by atoms with Gasteiger partial charge in [0, 0.05) is 19.0 Å². The lowest BCUT2D eigenvalue weighted by molar-refractivity contribution is 0.0947. The molecule has 1 heterocycles. The molecule has 1 saturated heterocycles. The molecule has 0 bridgehead atoms. The van der Waals surface area contributed by atoms with E-state index in [9.17, 15) is 9.59 Å². The number of piperidine rings is 1. The van der Waals surface area contributed by atoms with Gasteiger partial charge in [0.05, 0.1) is 6.61 Å². The van der Waals surface area contributed by atoms with Crippen molar-refractivity contribution in [1.29, 1.82) is 0 Å². The fourth-order valence-corrected chi connectivity index (χ4v) is 1.45. The second-order valence-corrected chi connectivity index (χ2v) is 3.10. The zero-order valence-corrected chi connectivity index (χ0v) is 7.78. The van der Waals surface area contributed by atoms with Crippen LogP contribution in [0.3, 0.4) is 0 Å². The third-order valence-corrected chi connectivity index (χ3v) is 2.11. The predicted octanol–water partition coefficient (Wildman–Crippen LogP) is 0.965. The van der Waals surface area contributed by atoms with Crippen molar-refractivity contribution >= 4 is 12.4 Å². The fraction of sp³-hybridized carbons (Fsp3) is 0.778. The van der Waals surface area contributed by atoms with E-state index in [1.807, 2.05) is 6.29 Å². The predicted molar refractivity (Wildman–Crippen MR) is 47.0 cm³/mol. The molecule has 13 heavy (non-hydrogen) atoms. The summed E-state index contributed by atoms with van der Waals surface area (Å²) in [5, 5.41) is 0. The second kappa shape index (κ2) is 4.84. The van der Waals surface area contributed by atoms with Gasteiger partial charge in [0.1, 0.15) is 0 Å². The van der Waals surface area contributed by atoms with Gasteiger partial charge in [-0.2, -0.15) is 0 Å². The zero-order valence-electron chi connectivity index (χ0n) is 7.78.